The molecule has 0 radical (unpaired) electrons. The van der Waals surface area contributed by atoms with E-state index in [1.807, 2.05) is 0 Å². The fourth-order valence-electron chi connectivity index (χ4n) is 2.22. The number of aliphatic imine (C=N–C) groups is 1. The van der Waals surface area contributed by atoms with Gasteiger partial charge in [0.15, 0.2) is 17.3 Å². The Hall–Kier alpha value is -3.15. The number of carbonyl (C=O) groups excluding carboxylic acids is 1. The maximum absolute atomic E-state index is 13.7. The lowest BCUT2D eigenvalue weighted by Crippen LogP contribution is -2.05. The summed E-state index contributed by atoms with van der Waals surface area (Å²) in [5, 5.41) is 0. The molecule has 0 atom stereocenters. The normalized spacial score (nSPS) is 15.2. The average molecular weight is 327 g/mol. The number of benzene rings is 2. The summed E-state index contributed by atoms with van der Waals surface area (Å²) in [6.45, 7) is 0. The van der Waals surface area contributed by atoms with Crippen LogP contribution in [0.1, 0.15) is 11.1 Å². The summed E-state index contributed by atoms with van der Waals surface area (Å²) in [5.74, 6) is -0.175. The fourth-order valence-corrected chi connectivity index (χ4v) is 2.22. The predicted octanol–water partition coefficient (Wildman–Crippen LogP) is 3.19. The van der Waals surface area contributed by atoms with Crippen molar-refractivity contribution >= 4 is 17.9 Å². The lowest BCUT2D eigenvalue weighted by molar-refractivity contribution is -0.129. The Morgan fingerprint density at radius 2 is 1.96 bits per heavy atom. The quantitative estimate of drug-likeness (QED) is 0.639. The number of rotatable bonds is 4. The van der Waals surface area contributed by atoms with E-state index >= 15 is 0 Å². The zero-order valence-electron chi connectivity index (χ0n) is 13.1. The van der Waals surface area contributed by atoms with Crippen LogP contribution >= 0.6 is 0 Å². The fraction of sp³-hybridized carbons (Fsp3) is 0.111. The van der Waals surface area contributed by atoms with Crippen molar-refractivity contribution < 1.29 is 23.4 Å². The van der Waals surface area contributed by atoms with Gasteiger partial charge in [0.2, 0.25) is 5.90 Å². The summed E-state index contributed by atoms with van der Waals surface area (Å²) < 4.78 is 28.9. The van der Waals surface area contributed by atoms with E-state index in [-0.39, 0.29) is 17.3 Å². The van der Waals surface area contributed by atoms with E-state index in [0.29, 0.717) is 16.9 Å². The molecule has 6 heteroatoms. The van der Waals surface area contributed by atoms with Crippen molar-refractivity contribution in [2.75, 3.05) is 14.2 Å². The molecule has 0 unspecified atom stereocenters. The lowest BCUT2D eigenvalue weighted by atomic mass is 10.2. The zero-order valence-corrected chi connectivity index (χ0v) is 13.1. The van der Waals surface area contributed by atoms with Crippen LogP contribution in [0.15, 0.2) is 53.2 Å². The van der Waals surface area contributed by atoms with Crippen molar-refractivity contribution in [1.29, 1.82) is 0 Å². The minimum Gasteiger partial charge on any atom is -0.497 e. The largest absolute Gasteiger partial charge is 0.497 e. The van der Waals surface area contributed by atoms with Crippen LogP contribution < -0.4 is 9.47 Å². The van der Waals surface area contributed by atoms with Crippen molar-refractivity contribution in [2.24, 2.45) is 4.99 Å². The summed E-state index contributed by atoms with van der Waals surface area (Å²) in [4.78, 5) is 16.1. The third-order valence-electron chi connectivity index (χ3n) is 3.42. The summed E-state index contributed by atoms with van der Waals surface area (Å²) >= 11 is 0. The molecule has 2 aromatic rings. The molecule has 1 aliphatic rings. The molecule has 1 heterocycles. The average Bonchev–Trinajstić information content (AvgIpc) is 2.96. The lowest BCUT2D eigenvalue weighted by Gasteiger charge is -2.02. The SMILES string of the molecule is COc1cccc(C2=N/C(=C/c3ccc(OC)c(F)c3)C(=O)O2)c1. The molecule has 0 fully saturated rings. The summed E-state index contributed by atoms with van der Waals surface area (Å²) in [6, 6.07) is 11.4. The Labute approximate surface area is 138 Å². The van der Waals surface area contributed by atoms with Crippen LogP contribution in [0.2, 0.25) is 0 Å². The molecular weight excluding hydrogens is 313 g/mol. The Morgan fingerprint density at radius 3 is 2.67 bits per heavy atom. The minimum absolute atomic E-state index is 0.0948. The Balaban J connectivity index is 1.92. The highest BCUT2D eigenvalue weighted by Gasteiger charge is 2.24. The minimum atomic E-state index is -0.593. The van der Waals surface area contributed by atoms with Gasteiger partial charge in [-0.25, -0.2) is 14.2 Å². The number of methoxy groups -OCH3 is 2. The number of halogens is 1. The molecule has 0 aromatic heterocycles. The van der Waals surface area contributed by atoms with Gasteiger partial charge in [0.1, 0.15) is 5.75 Å². The molecule has 0 saturated carbocycles. The summed E-state index contributed by atoms with van der Waals surface area (Å²) in [5.41, 5.74) is 1.19. The molecule has 2 aromatic carbocycles. The highest BCUT2D eigenvalue weighted by atomic mass is 19.1. The molecule has 5 nitrogen and oxygen atoms in total. The van der Waals surface area contributed by atoms with Crippen LogP contribution in [0, 0.1) is 5.82 Å². The molecule has 0 aliphatic carbocycles. The van der Waals surface area contributed by atoms with Gasteiger partial charge in [-0.15, -0.1) is 0 Å². The standard InChI is InChI=1S/C18H14FNO4/c1-22-13-5-3-4-12(10-13)17-20-15(18(21)24-17)9-11-6-7-16(23-2)14(19)8-11/h3-10H,1-2H3/b15-9+. The molecule has 122 valence electrons. The van der Waals surface area contributed by atoms with Crippen LogP contribution in [-0.2, 0) is 9.53 Å². The first kappa shape index (κ1) is 15.7. The first-order valence-corrected chi connectivity index (χ1v) is 7.11. The van der Waals surface area contributed by atoms with Gasteiger partial charge in [-0.05, 0) is 42.0 Å². The molecule has 0 amide bonds. The number of hydrogen-bond acceptors (Lipinski definition) is 5. The number of cyclic esters (lactones) is 1. The molecule has 3 rings (SSSR count). The second-order valence-corrected chi connectivity index (χ2v) is 4.96. The Morgan fingerprint density at radius 1 is 1.12 bits per heavy atom. The van der Waals surface area contributed by atoms with E-state index < -0.39 is 11.8 Å². The Bertz CT molecular complexity index is 858. The highest BCUT2D eigenvalue weighted by Crippen LogP contribution is 2.23. The number of ether oxygens (including phenoxy) is 3. The second kappa shape index (κ2) is 6.54. The third kappa shape index (κ3) is 3.12. The Kier molecular flexibility index (Phi) is 4.29. The molecule has 0 N–H and O–H groups in total. The van der Waals surface area contributed by atoms with Gasteiger partial charge >= 0.3 is 5.97 Å². The van der Waals surface area contributed by atoms with Gasteiger partial charge in [-0.2, -0.15) is 0 Å². The van der Waals surface area contributed by atoms with Crippen molar-refractivity contribution in [3.63, 3.8) is 0 Å². The van der Waals surface area contributed by atoms with E-state index in [1.54, 1.807) is 37.4 Å². The van der Waals surface area contributed by atoms with Crippen LogP contribution in [0.5, 0.6) is 11.5 Å². The number of carbonyl (C=O) groups is 1. The van der Waals surface area contributed by atoms with Crippen molar-refractivity contribution in [3.05, 3.63) is 65.1 Å². The van der Waals surface area contributed by atoms with E-state index in [0.717, 1.165) is 0 Å². The number of nitrogens with zero attached hydrogens (tertiary/aromatic N) is 1. The van der Waals surface area contributed by atoms with Gasteiger partial charge in [0.05, 0.1) is 14.2 Å². The summed E-state index contributed by atoms with van der Waals surface area (Å²) in [6.07, 6.45) is 1.46. The predicted molar refractivity (Wildman–Crippen MR) is 86.6 cm³/mol. The maximum atomic E-state index is 13.7. The van der Waals surface area contributed by atoms with Crippen LogP contribution in [0.3, 0.4) is 0 Å². The molecular formula is C18H14FNO4. The smallest absolute Gasteiger partial charge is 0.363 e. The number of hydrogen-bond donors (Lipinski definition) is 0. The molecule has 1 aliphatic heterocycles. The van der Waals surface area contributed by atoms with E-state index in [4.69, 9.17) is 14.2 Å². The molecule has 0 spiro atoms. The van der Waals surface area contributed by atoms with Gasteiger partial charge in [-0.3, -0.25) is 0 Å². The maximum Gasteiger partial charge on any atom is 0.363 e. The van der Waals surface area contributed by atoms with Crippen molar-refractivity contribution in [1.82, 2.24) is 0 Å². The van der Waals surface area contributed by atoms with E-state index in [9.17, 15) is 9.18 Å². The van der Waals surface area contributed by atoms with E-state index in [2.05, 4.69) is 4.99 Å². The molecule has 0 saturated heterocycles. The third-order valence-corrected chi connectivity index (χ3v) is 3.42. The van der Waals surface area contributed by atoms with Crippen LogP contribution in [-0.4, -0.2) is 26.1 Å². The first-order chi connectivity index (χ1) is 11.6. The number of esters is 1. The second-order valence-electron chi connectivity index (χ2n) is 4.96. The van der Waals surface area contributed by atoms with Gasteiger partial charge in [0.25, 0.3) is 0 Å². The van der Waals surface area contributed by atoms with Gasteiger partial charge in [0, 0.05) is 5.56 Å². The zero-order chi connectivity index (χ0) is 17.1. The van der Waals surface area contributed by atoms with Crippen molar-refractivity contribution in [2.45, 2.75) is 0 Å². The molecule has 0 bridgehead atoms. The highest BCUT2D eigenvalue weighted by molar-refractivity contribution is 6.12. The van der Waals surface area contributed by atoms with Crippen LogP contribution in [0.4, 0.5) is 4.39 Å². The van der Waals surface area contributed by atoms with E-state index in [1.165, 1.54) is 25.3 Å². The van der Waals surface area contributed by atoms with Crippen LogP contribution in [0.25, 0.3) is 6.08 Å². The van der Waals surface area contributed by atoms with Crippen molar-refractivity contribution in [3.8, 4) is 11.5 Å². The molecule has 24 heavy (non-hydrogen) atoms. The monoisotopic (exact) mass is 327 g/mol. The summed E-state index contributed by atoms with van der Waals surface area (Å²) in [7, 11) is 2.93. The van der Waals surface area contributed by atoms with Gasteiger partial charge < -0.3 is 14.2 Å². The first-order valence-electron chi connectivity index (χ1n) is 7.11. The van der Waals surface area contributed by atoms with Gasteiger partial charge in [-0.1, -0.05) is 12.1 Å². The topological polar surface area (TPSA) is 57.1 Å².